The lowest BCUT2D eigenvalue weighted by Crippen LogP contribution is -2.54. The maximum atomic E-state index is 11.7. The highest BCUT2D eigenvalue weighted by Gasteiger charge is 2.44. The normalized spacial score (nSPS) is 26.1. The van der Waals surface area contributed by atoms with Crippen LogP contribution in [0.3, 0.4) is 0 Å². The molecule has 0 unspecified atom stereocenters. The summed E-state index contributed by atoms with van der Waals surface area (Å²) in [4.78, 5) is 13.8. The van der Waals surface area contributed by atoms with E-state index < -0.39 is 0 Å². The van der Waals surface area contributed by atoms with Crippen molar-refractivity contribution >= 4 is 17.7 Å². The van der Waals surface area contributed by atoms with Gasteiger partial charge in [-0.15, -0.1) is 0 Å². The summed E-state index contributed by atoms with van der Waals surface area (Å²) in [6.07, 6.45) is 3.29. The molecule has 2 rings (SSSR count). The Bertz CT molecular complexity index is 226. The number of nitrogens with one attached hydrogen (secondary N) is 1. The van der Waals surface area contributed by atoms with Gasteiger partial charge in [0.1, 0.15) is 0 Å². The van der Waals surface area contributed by atoms with Crippen molar-refractivity contribution in [1.82, 2.24) is 10.2 Å². The van der Waals surface area contributed by atoms with Crippen LogP contribution in [0.25, 0.3) is 0 Å². The molecule has 0 aromatic carbocycles. The zero-order chi connectivity index (χ0) is 10.0. The molecule has 2 saturated heterocycles. The molecule has 0 saturated carbocycles. The number of carbonyl (C=O) groups is 1. The largest absolute Gasteiger partial charge is 0.323 e. The molecule has 0 bridgehead atoms. The van der Waals surface area contributed by atoms with Crippen molar-refractivity contribution in [2.75, 3.05) is 24.6 Å². The van der Waals surface area contributed by atoms with Crippen LogP contribution in [0.2, 0.25) is 0 Å². The first kappa shape index (κ1) is 10.3. The van der Waals surface area contributed by atoms with Crippen LogP contribution >= 0.6 is 11.8 Å². The SMILES string of the molecule is CCCN1C(=O)CNC12CCSCC2. The van der Waals surface area contributed by atoms with Gasteiger partial charge in [-0.3, -0.25) is 10.1 Å². The Morgan fingerprint density at radius 1 is 1.50 bits per heavy atom. The van der Waals surface area contributed by atoms with Crippen molar-refractivity contribution in [2.45, 2.75) is 31.8 Å². The quantitative estimate of drug-likeness (QED) is 0.746. The minimum atomic E-state index is 0.0261. The third-order valence-electron chi connectivity index (χ3n) is 3.15. The summed E-state index contributed by atoms with van der Waals surface area (Å²) in [5, 5.41) is 3.42. The molecule has 1 spiro atoms. The van der Waals surface area contributed by atoms with E-state index in [1.165, 1.54) is 11.5 Å². The lowest BCUT2D eigenvalue weighted by molar-refractivity contribution is -0.130. The highest BCUT2D eigenvalue weighted by molar-refractivity contribution is 7.99. The highest BCUT2D eigenvalue weighted by Crippen LogP contribution is 2.33. The molecule has 0 aromatic heterocycles. The molecular weight excluding hydrogens is 196 g/mol. The number of amides is 1. The standard InChI is InChI=1S/C10H18N2OS/c1-2-5-12-9(13)8-11-10(12)3-6-14-7-4-10/h11H,2-8H2,1H3. The molecule has 2 fully saturated rings. The Kier molecular flexibility index (Phi) is 3.02. The van der Waals surface area contributed by atoms with Gasteiger partial charge in [-0.2, -0.15) is 11.8 Å². The second-order valence-electron chi connectivity index (χ2n) is 4.04. The van der Waals surface area contributed by atoms with Gasteiger partial charge in [0, 0.05) is 6.54 Å². The molecule has 0 radical (unpaired) electrons. The zero-order valence-corrected chi connectivity index (χ0v) is 9.53. The lowest BCUT2D eigenvalue weighted by Gasteiger charge is -2.41. The van der Waals surface area contributed by atoms with E-state index in [0.29, 0.717) is 12.5 Å². The average Bonchev–Trinajstić information content (AvgIpc) is 2.49. The van der Waals surface area contributed by atoms with Gasteiger partial charge < -0.3 is 4.90 Å². The summed E-state index contributed by atoms with van der Waals surface area (Å²) in [6, 6.07) is 0. The van der Waals surface area contributed by atoms with Gasteiger partial charge in [0.25, 0.3) is 0 Å². The van der Waals surface area contributed by atoms with Crippen LogP contribution in [0.4, 0.5) is 0 Å². The number of thioether (sulfide) groups is 1. The van der Waals surface area contributed by atoms with Gasteiger partial charge in [0.15, 0.2) is 0 Å². The van der Waals surface area contributed by atoms with Crippen LogP contribution in [0.1, 0.15) is 26.2 Å². The average molecular weight is 214 g/mol. The molecule has 14 heavy (non-hydrogen) atoms. The maximum Gasteiger partial charge on any atom is 0.238 e. The molecule has 80 valence electrons. The molecule has 0 aliphatic carbocycles. The first-order valence-electron chi connectivity index (χ1n) is 5.42. The summed E-state index contributed by atoms with van der Waals surface area (Å²) in [5.74, 6) is 2.65. The fraction of sp³-hybridized carbons (Fsp3) is 0.900. The minimum absolute atomic E-state index is 0.0261. The van der Waals surface area contributed by atoms with E-state index in [2.05, 4.69) is 17.1 Å². The molecular formula is C10H18N2OS. The smallest absolute Gasteiger partial charge is 0.238 e. The van der Waals surface area contributed by atoms with Crippen molar-refractivity contribution in [3.63, 3.8) is 0 Å². The van der Waals surface area contributed by atoms with E-state index in [9.17, 15) is 4.79 Å². The minimum Gasteiger partial charge on any atom is -0.323 e. The number of rotatable bonds is 2. The fourth-order valence-electron chi connectivity index (χ4n) is 2.39. The summed E-state index contributed by atoms with van der Waals surface area (Å²) in [7, 11) is 0. The molecule has 3 nitrogen and oxygen atoms in total. The van der Waals surface area contributed by atoms with Crippen LogP contribution in [0, 0.1) is 0 Å². The Balaban J connectivity index is 2.11. The Morgan fingerprint density at radius 2 is 2.21 bits per heavy atom. The zero-order valence-electron chi connectivity index (χ0n) is 8.71. The summed E-state index contributed by atoms with van der Waals surface area (Å²) < 4.78 is 0. The number of hydrogen-bond acceptors (Lipinski definition) is 3. The van der Waals surface area contributed by atoms with Crippen molar-refractivity contribution in [3.05, 3.63) is 0 Å². The summed E-state index contributed by atoms with van der Waals surface area (Å²) >= 11 is 2.00. The summed E-state index contributed by atoms with van der Waals surface area (Å²) in [5.41, 5.74) is 0.0261. The third-order valence-corrected chi connectivity index (χ3v) is 4.14. The molecule has 2 heterocycles. The van der Waals surface area contributed by atoms with Crippen molar-refractivity contribution < 1.29 is 4.79 Å². The van der Waals surface area contributed by atoms with Crippen molar-refractivity contribution in [1.29, 1.82) is 0 Å². The molecule has 1 N–H and O–H groups in total. The Hall–Kier alpha value is -0.220. The molecule has 2 aliphatic heterocycles. The third kappa shape index (κ3) is 1.65. The molecule has 1 amide bonds. The van der Waals surface area contributed by atoms with Crippen LogP contribution in [-0.4, -0.2) is 41.1 Å². The van der Waals surface area contributed by atoms with E-state index in [-0.39, 0.29) is 5.66 Å². The second-order valence-corrected chi connectivity index (χ2v) is 5.27. The molecule has 0 aromatic rings. The van der Waals surface area contributed by atoms with E-state index in [0.717, 1.165) is 25.8 Å². The topological polar surface area (TPSA) is 32.3 Å². The molecule has 0 atom stereocenters. The van der Waals surface area contributed by atoms with Gasteiger partial charge in [-0.25, -0.2) is 0 Å². The van der Waals surface area contributed by atoms with Crippen LogP contribution < -0.4 is 5.32 Å². The fourth-order valence-corrected chi connectivity index (χ4v) is 3.56. The van der Waals surface area contributed by atoms with Gasteiger partial charge in [-0.1, -0.05) is 6.92 Å². The monoisotopic (exact) mass is 214 g/mol. The van der Waals surface area contributed by atoms with Crippen molar-refractivity contribution in [3.8, 4) is 0 Å². The second kappa shape index (κ2) is 4.11. The Labute approximate surface area is 89.6 Å². The Morgan fingerprint density at radius 3 is 2.86 bits per heavy atom. The van der Waals surface area contributed by atoms with Gasteiger partial charge >= 0.3 is 0 Å². The van der Waals surface area contributed by atoms with E-state index in [1.54, 1.807) is 0 Å². The summed E-state index contributed by atoms with van der Waals surface area (Å²) in [6.45, 7) is 3.60. The first-order chi connectivity index (χ1) is 6.78. The molecule has 2 aliphatic rings. The number of hydrogen-bond donors (Lipinski definition) is 1. The van der Waals surface area contributed by atoms with E-state index in [4.69, 9.17) is 0 Å². The van der Waals surface area contributed by atoms with Crippen LogP contribution in [0.5, 0.6) is 0 Å². The van der Waals surface area contributed by atoms with Crippen LogP contribution in [-0.2, 0) is 4.79 Å². The highest BCUT2D eigenvalue weighted by atomic mass is 32.2. The molecule has 4 heteroatoms. The van der Waals surface area contributed by atoms with Gasteiger partial charge in [0.2, 0.25) is 5.91 Å². The van der Waals surface area contributed by atoms with Gasteiger partial charge in [0.05, 0.1) is 12.2 Å². The maximum absolute atomic E-state index is 11.7. The van der Waals surface area contributed by atoms with Crippen molar-refractivity contribution in [2.24, 2.45) is 0 Å². The van der Waals surface area contributed by atoms with E-state index >= 15 is 0 Å². The predicted molar refractivity (Wildman–Crippen MR) is 59.3 cm³/mol. The predicted octanol–water partition coefficient (Wildman–Crippen LogP) is 1.05. The number of nitrogens with zero attached hydrogens (tertiary/aromatic N) is 1. The van der Waals surface area contributed by atoms with E-state index in [1.807, 2.05) is 11.8 Å². The lowest BCUT2D eigenvalue weighted by atomic mass is 10.0. The first-order valence-corrected chi connectivity index (χ1v) is 6.57. The number of carbonyl (C=O) groups excluding carboxylic acids is 1. The van der Waals surface area contributed by atoms with Gasteiger partial charge in [-0.05, 0) is 30.8 Å². The van der Waals surface area contributed by atoms with Crippen LogP contribution in [0.15, 0.2) is 0 Å².